The summed E-state index contributed by atoms with van der Waals surface area (Å²) in [6.45, 7) is 13.3. The molecule has 1 aliphatic heterocycles. The van der Waals surface area contributed by atoms with Crippen molar-refractivity contribution in [3.8, 4) is 17.2 Å². The number of anilines is 1. The summed E-state index contributed by atoms with van der Waals surface area (Å²) in [5.74, 6) is 1.64. The van der Waals surface area contributed by atoms with Gasteiger partial charge in [-0.3, -0.25) is 4.99 Å². The molecule has 0 amide bonds. The Labute approximate surface area is 241 Å². The fourth-order valence-electron chi connectivity index (χ4n) is 6.74. The molecule has 1 aromatic heterocycles. The van der Waals surface area contributed by atoms with E-state index in [1.807, 2.05) is 6.21 Å². The first-order chi connectivity index (χ1) is 19.5. The van der Waals surface area contributed by atoms with Gasteiger partial charge in [0, 0.05) is 25.3 Å². The molecule has 2 atom stereocenters. The van der Waals surface area contributed by atoms with Gasteiger partial charge in [-0.1, -0.05) is 59.9 Å². The maximum absolute atomic E-state index is 10.5. The molecule has 2 aromatic carbocycles. The molecule has 0 bridgehead atoms. The number of hydrogen-bond acceptors (Lipinski definition) is 4. The van der Waals surface area contributed by atoms with Crippen molar-refractivity contribution < 1.29 is 0 Å². The lowest BCUT2D eigenvalue weighted by Crippen LogP contribution is -2.28. The van der Waals surface area contributed by atoms with Crippen molar-refractivity contribution in [3.05, 3.63) is 41.7 Å². The highest BCUT2D eigenvalue weighted by Gasteiger charge is 2.28. The van der Waals surface area contributed by atoms with Gasteiger partial charge >= 0.3 is 0 Å². The first-order valence-electron chi connectivity index (χ1n) is 15.8. The van der Waals surface area contributed by atoms with E-state index in [0.29, 0.717) is 23.8 Å². The van der Waals surface area contributed by atoms with E-state index < -0.39 is 0 Å². The van der Waals surface area contributed by atoms with Crippen LogP contribution in [0.1, 0.15) is 115 Å². The molecule has 5 nitrogen and oxygen atoms in total. The number of nitrogens with zero attached hydrogens (tertiary/aromatic N) is 5. The smallest absolute Gasteiger partial charge is 0.104 e. The Morgan fingerprint density at radius 3 is 2.58 bits per heavy atom. The molecule has 1 aliphatic carbocycles. The molecule has 2 heterocycles. The minimum absolute atomic E-state index is 0.361. The van der Waals surface area contributed by atoms with Crippen LogP contribution in [0, 0.1) is 23.2 Å². The predicted octanol–water partition coefficient (Wildman–Crippen LogP) is 9.58. The summed E-state index contributed by atoms with van der Waals surface area (Å²) >= 11 is 0. The van der Waals surface area contributed by atoms with E-state index in [2.05, 4.69) is 80.7 Å². The lowest BCUT2D eigenvalue weighted by atomic mass is 9.82. The molecule has 1 saturated carbocycles. The number of fused-ring (bicyclic) bond motifs is 2. The van der Waals surface area contributed by atoms with Gasteiger partial charge < -0.3 is 9.47 Å². The van der Waals surface area contributed by atoms with Crippen molar-refractivity contribution in [2.24, 2.45) is 16.8 Å². The van der Waals surface area contributed by atoms with E-state index in [9.17, 15) is 5.26 Å². The number of imidazole rings is 1. The first-order valence-corrected chi connectivity index (χ1v) is 15.8. The molecule has 0 spiro atoms. The summed E-state index contributed by atoms with van der Waals surface area (Å²) < 4.78 is 2.41. The summed E-state index contributed by atoms with van der Waals surface area (Å²) in [6.07, 6.45) is 14.7. The van der Waals surface area contributed by atoms with Gasteiger partial charge in [-0.2, -0.15) is 5.26 Å². The van der Waals surface area contributed by atoms with Gasteiger partial charge in [-0.15, -0.1) is 0 Å². The van der Waals surface area contributed by atoms with E-state index in [1.165, 1.54) is 54.3 Å². The van der Waals surface area contributed by atoms with E-state index in [-0.39, 0.29) is 0 Å². The van der Waals surface area contributed by atoms with Gasteiger partial charge in [-0.05, 0) is 91.2 Å². The molecule has 212 valence electrons. The Kier molecular flexibility index (Phi) is 8.94. The Bertz CT molecular complexity index is 1390. The lowest BCUT2D eigenvalue weighted by Gasteiger charge is -2.31. The molecule has 1 fully saturated rings. The molecular weight excluding hydrogens is 490 g/mol. The van der Waals surface area contributed by atoms with Crippen LogP contribution < -0.4 is 4.90 Å². The molecule has 5 heteroatoms. The van der Waals surface area contributed by atoms with E-state index in [0.717, 1.165) is 61.2 Å². The summed E-state index contributed by atoms with van der Waals surface area (Å²) in [5, 5.41) is 10.5. The Morgan fingerprint density at radius 1 is 1.07 bits per heavy atom. The van der Waals surface area contributed by atoms with Gasteiger partial charge in [0.05, 0.1) is 28.7 Å². The van der Waals surface area contributed by atoms with Crippen molar-refractivity contribution in [2.45, 2.75) is 104 Å². The summed E-state index contributed by atoms with van der Waals surface area (Å²) in [7, 11) is 0. The number of aliphatic imine (C=N–C) groups is 1. The average molecular weight is 538 g/mol. The third-order valence-electron chi connectivity index (χ3n) is 9.62. The molecule has 0 saturated heterocycles. The normalized spacial score (nSPS) is 18.2. The van der Waals surface area contributed by atoms with Crippen LogP contribution in [0.25, 0.3) is 22.2 Å². The van der Waals surface area contributed by atoms with Gasteiger partial charge in [0.1, 0.15) is 11.6 Å². The lowest BCUT2D eigenvalue weighted by molar-refractivity contribution is 0.359. The molecule has 40 heavy (non-hydrogen) atoms. The zero-order valence-electron chi connectivity index (χ0n) is 25.3. The van der Waals surface area contributed by atoms with Crippen molar-refractivity contribution in [2.75, 3.05) is 18.0 Å². The summed E-state index contributed by atoms with van der Waals surface area (Å²) in [6, 6.07) is 12.3. The van der Waals surface area contributed by atoms with Crippen molar-refractivity contribution in [1.29, 1.82) is 5.26 Å². The summed E-state index contributed by atoms with van der Waals surface area (Å²) in [4.78, 5) is 12.2. The zero-order chi connectivity index (χ0) is 28.2. The van der Waals surface area contributed by atoms with Crippen molar-refractivity contribution in [1.82, 2.24) is 9.55 Å². The van der Waals surface area contributed by atoms with Crippen LogP contribution >= 0.6 is 0 Å². The Balaban J connectivity index is 1.63. The quantitative estimate of drug-likeness (QED) is 0.259. The average Bonchev–Trinajstić information content (AvgIpc) is 3.41. The topological polar surface area (TPSA) is 57.2 Å². The summed E-state index contributed by atoms with van der Waals surface area (Å²) in [5.41, 5.74) is 8.61. The molecule has 0 radical (unpaired) electrons. The van der Waals surface area contributed by atoms with Crippen molar-refractivity contribution in [3.63, 3.8) is 0 Å². The molecular formula is C35H47N5. The van der Waals surface area contributed by atoms with Crippen LogP contribution in [0.3, 0.4) is 0 Å². The minimum Gasteiger partial charge on any atom is -0.370 e. The highest BCUT2D eigenvalue weighted by atomic mass is 15.1. The van der Waals surface area contributed by atoms with Crippen LogP contribution in [-0.2, 0) is 0 Å². The highest BCUT2D eigenvalue weighted by Crippen LogP contribution is 2.47. The van der Waals surface area contributed by atoms with Crippen LogP contribution in [0.5, 0.6) is 0 Å². The van der Waals surface area contributed by atoms with Crippen LogP contribution in [-0.4, -0.2) is 28.9 Å². The minimum atomic E-state index is 0.361. The highest BCUT2D eigenvalue weighted by molar-refractivity contribution is 5.91. The SMILES string of the molecule is CCCN(CCC(C)C(C)C)c1cc(-c2ccc3c(c2)ncn3C2CCCCC2)c2c(c1C#N)N=CCC2CC. The molecule has 2 unspecified atom stereocenters. The second-order valence-electron chi connectivity index (χ2n) is 12.5. The van der Waals surface area contributed by atoms with Gasteiger partial charge in [0.25, 0.3) is 0 Å². The standard InChI is InChI=1S/C35H47N5/c1-6-18-39(19-16-25(5)24(3)4)33-21-29(34-26(7-2)15-17-37-35(34)30(33)22-36)27-13-14-32-31(20-27)38-23-40(32)28-11-9-8-10-12-28/h13-14,17,20-21,23-26,28H,6-12,15-16,18-19H2,1-5H3. The maximum atomic E-state index is 10.5. The fourth-order valence-corrected chi connectivity index (χ4v) is 6.74. The van der Waals surface area contributed by atoms with Crippen LogP contribution in [0.2, 0.25) is 0 Å². The van der Waals surface area contributed by atoms with Crippen LogP contribution in [0.15, 0.2) is 35.6 Å². The third kappa shape index (κ3) is 5.55. The fraction of sp³-hybridized carbons (Fsp3) is 0.571. The van der Waals surface area contributed by atoms with Gasteiger partial charge in [0.2, 0.25) is 0 Å². The van der Waals surface area contributed by atoms with Gasteiger partial charge in [0.15, 0.2) is 0 Å². The second-order valence-corrected chi connectivity index (χ2v) is 12.5. The van der Waals surface area contributed by atoms with E-state index in [4.69, 9.17) is 9.98 Å². The molecule has 0 N–H and O–H groups in total. The van der Waals surface area contributed by atoms with Crippen LogP contribution in [0.4, 0.5) is 11.4 Å². The maximum Gasteiger partial charge on any atom is 0.104 e. The molecule has 2 aliphatic rings. The monoisotopic (exact) mass is 537 g/mol. The third-order valence-corrected chi connectivity index (χ3v) is 9.62. The number of aromatic nitrogens is 2. The van der Waals surface area contributed by atoms with Gasteiger partial charge in [-0.25, -0.2) is 4.98 Å². The number of hydrogen-bond donors (Lipinski definition) is 0. The second kappa shape index (κ2) is 12.6. The number of nitriles is 1. The van der Waals surface area contributed by atoms with Crippen molar-refractivity contribution >= 4 is 28.6 Å². The Morgan fingerprint density at radius 2 is 1.88 bits per heavy atom. The zero-order valence-corrected chi connectivity index (χ0v) is 25.3. The first kappa shape index (κ1) is 28.4. The molecule has 5 rings (SSSR count). The number of benzene rings is 2. The largest absolute Gasteiger partial charge is 0.370 e. The number of rotatable bonds is 10. The Hall–Kier alpha value is -3.13. The molecule has 3 aromatic rings. The predicted molar refractivity (Wildman–Crippen MR) is 169 cm³/mol. The van der Waals surface area contributed by atoms with E-state index >= 15 is 0 Å². The van der Waals surface area contributed by atoms with E-state index in [1.54, 1.807) is 0 Å².